The molecule has 16 heavy (non-hydrogen) atoms. The molecular weight excluding hydrogens is 216 g/mol. The lowest BCUT2D eigenvalue weighted by Gasteiger charge is -2.06. The van der Waals surface area contributed by atoms with Crippen molar-refractivity contribution in [2.45, 2.75) is 19.6 Å². The lowest BCUT2D eigenvalue weighted by molar-refractivity contribution is -0.0498. The molecule has 0 amide bonds. The average Bonchev–Trinajstić information content (AvgIpc) is 2.26. The predicted octanol–water partition coefficient (Wildman–Crippen LogP) is 1.76. The molecule has 0 aliphatic heterocycles. The second kappa shape index (κ2) is 7.14. The molecule has 2 N–H and O–H groups in total. The Labute approximate surface area is 93.0 Å². The number of aliphatic hydroxyl groups excluding tert-OH is 1. The summed E-state index contributed by atoms with van der Waals surface area (Å²) in [7, 11) is 0. The standard InChI is InChI=1S/C11H15F2NO2/c12-11(13)16-10-4-2-9(3-5-10)8-14-6-1-7-15/h2-5,11,14-15H,1,6-8H2. The Balaban J connectivity index is 2.33. The second-order valence-electron chi connectivity index (χ2n) is 3.28. The highest BCUT2D eigenvalue weighted by Gasteiger charge is 2.03. The van der Waals surface area contributed by atoms with Crippen LogP contribution in [0, 0.1) is 0 Å². The van der Waals surface area contributed by atoms with Crippen LogP contribution >= 0.6 is 0 Å². The number of aliphatic hydroxyl groups is 1. The Bertz CT molecular complexity index is 291. The third kappa shape index (κ3) is 5.04. The van der Waals surface area contributed by atoms with Gasteiger partial charge in [-0.15, -0.1) is 0 Å². The van der Waals surface area contributed by atoms with Crippen LogP contribution in [-0.4, -0.2) is 24.9 Å². The van der Waals surface area contributed by atoms with Crippen LogP contribution in [0.4, 0.5) is 8.78 Å². The number of ether oxygens (including phenoxy) is 1. The van der Waals surface area contributed by atoms with Crippen molar-refractivity contribution in [1.29, 1.82) is 0 Å². The molecular formula is C11H15F2NO2. The summed E-state index contributed by atoms with van der Waals surface area (Å²) in [5.41, 5.74) is 0.986. The number of rotatable bonds is 7. The Morgan fingerprint density at radius 2 is 1.94 bits per heavy atom. The lowest BCUT2D eigenvalue weighted by Crippen LogP contribution is -2.15. The minimum atomic E-state index is -2.78. The smallest absolute Gasteiger partial charge is 0.387 e. The van der Waals surface area contributed by atoms with E-state index in [9.17, 15) is 8.78 Å². The van der Waals surface area contributed by atoms with E-state index in [4.69, 9.17) is 5.11 Å². The molecule has 0 heterocycles. The van der Waals surface area contributed by atoms with Crippen molar-refractivity contribution in [3.63, 3.8) is 0 Å². The molecule has 0 bridgehead atoms. The Kier molecular flexibility index (Phi) is 5.74. The molecule has 0 fully saturated rings. The van der Waals surface area contributed by atoms with E-state index >= 15 is 0 Å². The van der Waals surface area contributed by atoms with Crippen LogP contribution in [-0.2, 0) is 6.54 Å². The molecule has 5 heteroatoms. The van der Waals surface area contributed by atoms with Gasteiger partial charge in [-0.05, 0) is 30.7 Å². The molecule has 1 aromatic rings. The maximum Gasteiger partial charge on any atom is 0.387 e. The van der Waals surface area contributed by atoms with Gasteiger partial charge in [-0.2, -0.15) is 8.78 Å². The molecule has 0 aliphatic rings. The summed E-state index contributed by atoms with van der Waals surface area (Å²) < 4.78 is 27.9. The minimum absolute atomic E-state index is 0.161. The van der Waals surface area contributed by atoms with Crippen LogP contribution in [0.2, 0.25) is 0 Å². The van der Waals surface area contributed by atoms with E-state index in [0.29, 0.717) is 13.0 Å². The molecule has 1 aromatic carbocycles. The minimum Gasteiger partial charge on any atom is -0.435 e. The summed E-state index contributed by atoms with van der Waals surface area (Å²) in [4.78, 5) is 0. The van der Waals surface area contributed by atoms with Crippen molar-refractivity contribution < 1.29 is 18.6 Å². The van der Waals surface area contributed by atoms with Gasteiger partial charge in [0, 0.05) is 13.2 Å². The Hall–Kier alpha value is -1.20. The van der Waals surface area contributed by atoms with Gasteiger partial charge in [-0.25, -0.2) is 0 Å². The lowest BCUT2D eigenvalue weighted by atomic mass is 10.2. The summed E-state index contributed by atoms with van der Waals surface area (Å²) in [6.45, 7) is -1.25. The van der Waals surface area contributed by atoms with Gasteiger partial charge in [-0.1, -0.05) is 12.1 Å². The molecule has 0 radical (unpaired) electrons. The van der Waals surface area contributed by atoms with Gasteiger partial charge < -0.3 is 15.2 Å². The first-order valence-corrected chi connectivity index (χ1v) is 5.07. The summed E-state index contributed by atoms with van der Waals surface area (Å²) in [5.74, 6) is 0.161. The highest BCUT2D eigenvalue weighted by atomic mass is 19.3. The van der Waals surface area contributed by atoms with Crippen LogP contribution in [0.25, 0.3) is 0 Å². The third-order valence-corrected chi connectivity index (χ3v) is 1.99. The zero-order valence-corrected chi connectivity index (χ0v) is 8.83. The van der Waals surface area contributed by atoms with Crippen molar-refractivity contribution in [2.24, 2.45) is 0 Å². The topological polar surface area (TPSA) is 41.5 Å². The van der Waals surface area contributed by atoms with E-state index in [1.165, 1.54) is 12.1 Å². The highest BCUT2D eigenvalue weighted by molar-refractivity contribution is 5.27. The van der Waals surface area contributed by atoms with E-state index in [-0.39, 0.29) is 12.4 Å². The van der Waals surface area contributed by atoms with Gasteiger partial charge in [0.15, 0.2) is 0 Å². The summed E-state index contributed by atoms with van der Waals surface area (Å²) in [6, 6.07) is 6.47. The van der Waals surface area contributed by atoms with Gasteiger partial charge in [0.1, 0.15) is 5.75 Å². The van der Waals surface area contributed by atoms with Crippen molar-refractivity contribution in [3.8, 4) is 5.75 Å². The third-order valence-electron chi connectivity index (χ3n) is 1.99. The number of nitrogens with one attached hydrogen (secondary N) is 1. The maximum absolute atomic E-state index is 11.9. The zero-order chi connectivity index (χ0) is 11.8. The molecule has 0 spiro atoms. The molecule has 90 valence electrons. The van der Waals surface area contributed by atoms with Crippen molar-refractivity contribution in [2.75, 3.05) is 13.2 Å². The molecule has 0 saturated heterocycles. The monoisotopic (exact) mass is 231 g/mol. The van der Waals surface area contributed by atoms with E-state index in [2.05, 4.69) is 10.1 Å². The maximum atomic E-state index is 11.9. The largest absolute Gasteiger partial charge is 0.435 e. The van der Waals surface area contributed by atoms with Crippen LogP contribution in [0.1, 0.15) is 12.0 Å². The van der Waals surface area contributed by atoms with Crippen LogP contribution < -0.4 is 10.1 Å². The highest BCUT2D eigenvalue weighted by Crippen LogP contribution is 2.14. The Morgan fingerprint density at radius 3 is 2.50 bits per heavy atom. The molecule has 0 aromatic heterocycles. The van der Waals surface area contributed by atoms with Gasteiger partial charge >= 0.3 is 6.61 Å². The number of alkyl halides is 2. The van der Waals surface area contributed by atoms with Crippen LogP contribution in [0.5, 0.6) is 5.75 Å². The summed E-state index contributed by atoms with van der Waals surface area (Å²) in [5, 5.41) is 11.7. The van der Waals surface area contributed by atoms with E-state index in [1.807, 2.05) is 0 Å². The molecule has 0 unspecified atom stereocenters. The van der Waals surface area contributed by atoms with Crippen molar-refractivity contribution >= 4 is 0 Å². The van der Waals surface area contributed by atoms with Gasteiger partial charge in [0.2, 0.25) is 0 Å². The molecule has 3 nitrogen and oxygen atoms in total. The fraction of sp³-hybridized carbons (Fsp3) is 0.455. The molecule has 0 saturated carbocycles. The zero-order valence-electron chi connectivity index (χ0n) is 8.83. The van der Waals surface area contributed by atoms with Gasteiger partial charge in [0.05, 0.1) is 0 Å². The molecule has 1 rings (SSSR count). The average molecular weight is 231 g/mol. The fourth-order valence-corrected chi connectivity index (χ4v) is 1.23. The van der Waals surface area contributed by atoms with E-state index in [0.717, 1.165) is 12.1 Å². The van der Waals surface area contributed by atoms with Crippen LogP contribution in [0.3, 0.4) is 0 Å². The SMILES string of the molecule is OCCCNCc1ccc(OC(F)F)cc1. The first-order chi connectivity index (χ1) is 7.72. The van der Waals surface area contributed by atoms with E-state index < -0.39 is 6.61 Å². The quantitative estimate of drug-likeness (QED) is 0.702. The molecule has 0 aliphatic carbocycles. The first kappa shape index (κ1) is 12.9. The van der Waals surface area contributed by atoms with E-state index in [1.54, 1.807) is 12.1 Å². The fourth-order valence-electron chi connectivity index (χ4n) is 1.23. The van der Waals surface area contributed by atoms with Crippen molar-refractivity contribution in [3.05, 3.63) is 29.8 Å². The number of halogens is 2. The normalized spacial score (nSPS) is 10.8. The van der Waals surface area contributed by atoms with Crippen molar-refractivity contribution in [1.82, 2.24) is 5.32 Å². The number of benzene rings is 1. The first-order valence-electron chi connectivity index (χ1n) is 5.07. The van der Waals surface area contributed by atoms with Gasteiger partial charge in [0.25, 0.3) is 0 Å². The van der Waals surface area contributed by atoms with Gasteiger partial charge in [-0.3, -0.25) is 0 Å². The number of hydrogen-bond acceptors (Lipinski definition) is 3. The molecule has 0 atom stereocenters. The summed E-state index contributed by atoms with van der Waals surface area (Å²) in [6.07, 6.45) is 0.701. The second-order valence-corrected chi connectivity index (χ2v) is 3.28. The van der Waals surface area contributed by atoms with Crippen LogP contribution in [0.15, 0.2) is 24.3 Å². The Morgan fingerprint density at radius 1 is 1.25 bits per heavy atom. The summed E-state index contributed by atoms with van der Waals surface area (Å²) >= 11 is 0. The number of hydrogen-bond donors (Lipinski definition) is 2. The predicted molar refractivity (Wildman–Crippen MR) is 56.5 cm³/mol.